The average Bonchev–Trinajstić information content (AvgIpc) is 2.07. The maximum atomic E-state index is 10.8. The first kappa shape index (κ1) is 11.2. The number of amides is 1. The van der Waals surface area contributed by atoms with Crippen LogP contribution in [0.1, 0.15) is 30.9 Å². The quantitative estimate of drug-likeness (QED) is 0.887. The summed E-state index contributed by atoms with van der Waals surface area (Å²) in [5.41, 5.74) is 7.38. The van der Waals surface area contributed by atoms with Gasteiger partial charge in [0.15, 0.2) is 0 Å². The van der Waals surface area contributed by atoms with E-state index in [0.29, 0.717) is 12.3 Å². The maximum absolute atomic E-state index is 10.8. The molecule has 2 nitrogen and oxygen atoms in total. The van der Waals surface area contributed by atoms with E-state index in [1.807, 2.05) is 18.2 Å². The van der Waals surface area contributed by atoms with Gasteiger partial charge in [0.1, 0.15) is 0 Å². The lowest BCUT2D eigenvalue weighted by molar-refractivity contribution is -0.117. The van der Waals surface area contributed by atoms with Gasteiger partial charge >= 0.3 is 0 Å². The van der Waals surface area contributed by atoms with Crippen molar-refractivity contribution in [1.29, 1.82) is 0 Å². The van der Waals surface area contributed by atoms with Gasteiger partial charge in [-0.3, -0.25) is 4.79 Å². The predicted octanol–water partition coefficient (Wildman–Crippen LogP) is 2.60. The molecule has 1 aromatic rings. The highest BCUT2D eigenvalue weighted by molar-refractivity contribution is 9.10. The van der Waals surface area contributed by atoms with Crippen LogP contribution >= 0.6 is 15.9 Å². The Hall–Kier alpha value is -0.830. The molecule has 0 spiro atoms. The van der Waals surface area contributed by atoms with Crippen molar-refractivity contribution in [3.8, 4) is 0 Å². The zero-order chi connectivity index (χ0) is 10.7. The molecule has 0 atom stereocenters. The monoisotopic (exact) mass is 255 g/mol. The van der Waals surface area contributed by atoms with Gasteiger partial charge in [-0.2, -0.15) is 0 Å². The van der Waals surface area contributed by atoms with Crippen LogP contribution in [0.15, 0.2) is 22.7 Å². The Morgan fingerprint density at radius 3 is 2.64 bits per heavy atom. The third kappa shape index (κ3) is 2.84. The number of carbonyl (C=O) groups excluding carboxylic acids is 1. The molecule has 0 aromatic heterocycles. The minimum atomic E-state index is -0.283. The van der Waals surface area contributed by atoms with Crippen LogP contribution in [0.3, 0.4) is 0 Å². The molecule has 0 saturated carbocycles. The van der Waals surface area contributed by atoms with Crippen LogP contribution in [-0.4, -0.2) is 5.91 Å². The van der Waals surface area contributed by atoms with E-state index in [0.717, 1.165) is 10.0 Å². The third-order valence-corrected chi connectivity index (χ3v) is 2.59. The SMILES string of the molecule is CC(C)c1cc(Br)ccc1CC(N)=O. The number of benzene rings is 1. The minimum Gasteiger partial charge on any atom is -0.369 e. The molecule has 0 heterocycles. The highest BCUT2D eigenvalue weighted by atomic mass is 79.9. The van der Waals surface area contributed by atoms with E-state index >= 15 is 0 Å². The fourth-order valence-corrected chi connectivity index (χ4v) is 1.83. The fourth-order valence-electron chi connectivity index (χ4n) is 1.45. The lowest BCUT2D eigenvalue weighted by Gasteiger charge is -2.11. The summed E-state index contributed by atoms with van der Waals surface area (Å²) in [7, 11) is 0. The molecule has 0 radical (unpaired) electrons. The second kappa shape index (κ2) is 4.60. The number of carbonyl (C=O) groups is 1. The van der Waals surface area contributed by atoms with Crippen LogP contribution in [0.25, 0.3) is 0 Å². The first-order valence-electron chi connectivity index (χ1n) is 4.57. The molecule has 0 saturated heterocycles. The Bertz CT molecular complexity index is 347. The molecule has 1 amide bonds. The summed E-state index contributed by atoms with van der Waals surface area (Å²) in [4.78, 5) is 10.8. The van der Waals surface area contributed by atoms with Gasteiger partial charge in [-0.15, -0.1) is 0 Å². The highest BCUT2D eigenvalue weighted by Gasteiger charge is 2.08. The molecule has 1 rings (SSSR count). The molecule has 0 aliphatic carbocycles. The number of rotatable bonds is 3. The van der Waals surface area contributed by atoms with Crippen molar-refractivity contribution >= 4 is 21.8 Å². The predicted molar refractivity (Wildman–Crippen MR) is 61.1 cm³/mol. The van der Waals surface area contributed by atoms with Gasteiger partial charge < -0.3 is 5.73 Å². The van der Waals surface area contributed by atoms with E-state index < -0.39 is 0 Å². The van der Waals surface area contributed by atoms with Gasteiger partial charge in [-0.25, -0.2) is 0 Å². The Labute approximate surface area is 92.6 Å². The molecule has 3 heteroatoms. The topological polar surface area (TPSA) is 43.1 Å². The molecule has 0 bridgehead atoms. The van der Waals surface area contributed by atoms with Crippen LogP contribution in [0.4, 0.5) is 0 Å². The first-order valence-corrected chi connectivity index (χ1v) is 5.36. The van der Waals surface area contributed by atoms with Crippen LogP contribution in [-0.2, 0) is 11.2 Å². The summed E-state index contributed by atoms with van der Waals surface area (Å²) >= 11 is 3.41. The van der Waals surface area contributed by atoms with E-state index in [1.54, 1.807) is 0 Å². The van der Waals surface area contributed by atoms with Gasteiger partial charge in [-0.1, -0.05) is 35.8 Å². The molecular weight excluding hydrogens is 242 g/mol. The van der Waals surface area contributed by atoms with Crippen molar-refractivity contribution in [1.82, 2.24) is 0 Å². The maximum Gasteiger partial charge on any atom is 0.221 e. The Balaban J connectivity index is 3.08. The van der Waals surface area contributed by atoms with Crippen molar-refractivity contribution in [2.45, 2.75) is 26.2 Å². The Kier molecular flexibility index (Phi) is 3.69. The number of nitrogens with two attached hydrogens (primary N) is 1. The van der Waals surface area contributed by atoms with E-state index in [-0.39, 0.29) is 5.91 Å². The highest BCUT2D eigenvalue weighted by Crippen LogP contribution is 2.24. The van der Waals surface area contributed by atoms with Crippen LogP contribution in [0.5, 0.6) is 0 Å². The number of halogens is 1. The summed E-state index contributed by atoms with van der Waals surface area (Å²) in [5, 5.41) is 0. The van der Waals surface area contributed by atoms with E-state index in [4.69, 9.17) is 5.73 Å². The van der Waals surface area contributed by atoms with Gasteiger partial charge in [-0.05, 0) is 29.2 Å². The summed E-state index contributed by atoms with van der Waals surface area (Å²) in [6.07, 6.45) is 0.320. The smallest absolute Gasteiger partial charge is 0.221 e. The molecule has 2 N–H and O–H groups in total. The van der Waals surface area contributed by atoms with E-state index in [1.165, 1.54) is 5.56 Å². The van der Waals surface area contributed by atoms with E-state index in [2.05, 4.69) is 29.8 Å². The second-order valence-corrected chi connectivity index (χ2v) is 4.56. The summed E-state index contributed by atoms with van der Waals surface area (Å²) in [6.45, 7) is 4.21. The normalized spacial score (nSPS) is 10.6. The molecule has 0 unspecified atom stereocenters. The van der Waals surface area contributed by atoms with Gasteiger partial charge in [0.05, 0.1) is 6.42 Å². The average molecular weight is 256 g/mol. The number of primary amides is 1. The second-order valence-electron chi connectivity index (χ2n) is 3.64. The largest absolute Gasteiger partial charge is 0.369 e. The molecular formula is C11H14BrNO. The lowest BCUT2D eigenvalue weighted by atomic mass is 9.95. The first-order chi connectivity index (χ1) is 6.50. The summed E-state index contributed by atoms with van der Waals surface area (Å²) in [5.74, 6) is 0.121. The Morgan fingerprint density at radius 2 is 2.14 bits per heavy atom. The van der Waals surface area contributed by atoms with Crippen molar-refractivity contribution in [3.63, 3.8) is 0 Å². The van der Waals surface area contributed by atoms with Crippen LogP contribution in [0, 0.1) is 0 Å². The van der Waals surface area contributed by atoms with Gasteiger partial charge in [0.25, 0.3) is 0 Å². The Morgan fingerprint density at radius 1 is 1.50 bits per heavy atom. The van der Waals surface area contributed by atoms with Crippen molar-refractivity contribution in [3.05, 3.63) is 33.8 Å². The number of hydrogen-bond donors (Lipinski definition) is 1. The molecule has 0 aliphatic rings. The molecule has 0 aliphatic heterocycles. The fraction of sp³-hybridized carbons (Fsp3) is 0.364. The summed E-state index contributed by atoms with van der Waals surface area (Å²) < 4.78 is 1.04. The number of hydrogen-bond acceptors (Lipinski definition) is 1. The lowest BCUT2D eigenvalue weighted by Crippen LogP contribution is -2.15. The summed E-state index contributed by atoms with van der Waals surface area (Å²) in [6, 6.07) is 5.93. The molecule has 0 fully saturated rings. The van der Waals surface area contributed by atoms with Gasteiger partial charge in [0.2, 0.25) is 5.91 Å². The van der Waals surface area contributed by atoms with Crippen LogP contribution in [0.2, 0.25) is 0 Å². The molecule has 14 heavy (non-hydrogen) atoms. The van der Waals surface area contributed by atoms with Crippen molar-refractivity contribution in [2.24, 2.45) is 5.73 Å². The van der Waals surface area contributed by atoms with Crippen molar-refractivity contribution < 1.29 is 4.79 Å². The zero-order valence-corrected chi connectivity index (χ0v) is 9.97. The van der Waals surface area contributed by atoms with Gasteiger partial charge in [0, 0.05) is 4.47 Å². The molecule has 76 valence electrons. The zero-order valence-electron chi connectivity index (χ0n) is 8.38. The standard InChI is InChI=1S/C11H14BrNO/c1-7(2)10-6-9(12)4-3-8(10)5-11(13)14/h3-4,6-7H,5H2,1-2H3,(H2,13,14). The van der Waals surface area contributed by atoms with E-state index in [9.17, 15) is 4.79 Å². The minimum absolute atomic E-state index is 0.283. The molecule has 1 aromatic carbocycles. The van der Waals surface area contributed by atoms with Crippen LogP contribution < -0.4 is 5.73 Å². The van der Waals surface area contributed by atoms with Crippen molar-refractivity contribution in [2.75, 3.05) is 0 Å². The third-order valence-electron chi connectivity index (χ3n) is 2.09.